The standard InChI is InChI=1S/C8H13N3OS/c1-6(12)3-9-8-10-4-7(13-2)5-11-8/h4-6,12H,3H2,1-2H3,(H,9,10,11)/t6-/m0/s1. The third-order valence-corrected chi connectivity index (χ3v) is 2.10. The Bertz CT molecular complexity index is 250. The van der Waals surface area contributed by atoms with Crippen LogP contribution < -0.4 is 5.32 Å². The lowest BCUT2D eigenvalue weighted by atomic mass is 10.4. The Labute approximate surface area is 81.8 Å². The van der Waals surface area contributed by atoms with Gasteiger partial charge in [-0.3, -0.25) is 0 Å². The molecule has 0 aliphatic carbocycles. The summed E-state index contributed by atoms with van der Waals surface area (Å²) in [4.78, 5) is 9.16. The summed E-state index contributed by atoms with van der Waals surface area (Å²) >= 11 is 1.60. The van der Waals surface area contributed by atoms with Crippen LogP contribution in [-0.2, 0) is 0 Å². The average molecular weight is 199 g/mol. The van der Waals surface area contributed by atoms with Crippen molar-refractivity contribution in [3.8, 4) is 0 Å². The van der Waals surface area contributed by atoms with Crippen LogP contribution in [0.15, 0.2) is 17.3 Å². The fourth-order valence-corrected chi connectivity index (χ4v) is 1.07. The molecule has 0 saturated heterocycles. The zero-order valence-electron chi connectivity index (χ0n) is 7.69. The van der Waals surface area contributed by atoms with Gasteiger partial charge in [0.25, 0.3) is 0 Å². The van der Waals surface area contributed by atoms with E-state index in [0.717, 1.165) is 4.90 Å². The van der Waals surface area contributed by atoms with E-state index in [1.807, 2.05) is 6.26 Å². The predicted molar refractivity (Wildman–Crippen MR) is 54.0 cm³/mol. The molecule has 0 unspecified atom stereocenters. The first-order valence-corrected chi connectivity index (χ1v) is 5.23. The van der Waals surface area contributed by atoms with Gasteiger partial charge in [-0.2, -0.15) is 0 Å². The number of hydrogen-bond donors (Lipinski definition) is 2. The first kappa shape index (κ1) is 10.3. The monoisotopic (exact) mass is 199 g/mol. The molecule has 0 bridgehead atoms. The van der Waals surface area contributed by atoms with E-state index in [0.29, 0.717) is 12.5 Å². The van der Waals surface area contributed by atoms with Gasteiger partial charge in [0.15, 0.2) is 0 Å². The third-order valence-electron chi connectivity index (χ3n) is 1.42. The van der Waals surface area contributed by atoms with Crippen molar-refractivity contribution in [1.82, 2.24) is 9.97 Å². The molecular weight excluding hydrogens is 186 g/mol. The summed E-state index contributed by atoms with van der Waals surface area (Å²) in [5.74, 6) is 0.554. The molecule has 2 N–H and O–H groups in total. The minimum absolute atomic E-state index is 0.385. The van der Waals surface area contributed by atoms with Crippen molar-refractivity contribution in [1.29, 1.82) is 0 Å². The molecule has 1 aromatic rings. The van der Waals surface area contributed by atoms with Crippen molar-refractivity contribution < 1.29 is 5.11 Å². The Balaban J connectivity index is 2.49. The summed E-state index contributed by atoms with van der Waals surface area (Å²) in [6.07, 6.45) is 5.09. The topological polar surface area (TPSA) is 58.0 Å². The molecule has 0 radical (unpaired) electrons. The molecule has 1 heterocycles. The highest BCUT2D eigenvalue weighted by molar-refractivity contribution is 7.98. The van der Waals surface area contributed by atoms with Crippen LogP contribution in [0.5, 0.6) is 0 Å². The van der Waals surface area contributed by atoms with E-state index < -0.39 is 0 Å². The zero-order valence-corrected chi connectivity index (χ0v) is 8.51. The van der Waals surface area contributed by atoms with Crippen LogP contribution in [0.3, 0.4) is 0 Å². The number of nitrogens with one attached hydrogen (secondary N) is 1. The van der Waals surface area contributed by atoms with Gasteiger partial charge in [-0.25, -0.2) is 9.97 Å². The lowest BCUT2D eigenvalue weighted by molar-refractivity contribution is 0.208. The van der Waals surface area contributed by atoms with Gasteiger partial charge in [-0.1, -0.05) is 0 Å². The van der Waals surface area contributed by atoms with Gasteiger partial charge in [0.05, 0.1) is 6.10 Å². The van der Waals surface area contributed by atoms with Crippen LogP contribution in [0.4, 0.5) is 5.95 Å². The van der Waals surface area contributed by atoms with Crippen LogP contribution in [-0.4, -0.2) is 34.0 Å². The Morgan fingerprint density at radius 1 is 1.54 bits per heavy atom. The Morgan fingerprint density at radius 3 is 2.62 bits per heavy atom. The number of thioether (sulfide) groups is 1. The predicted octanol–water partition coefficient (Wildman–Crippen LogP) is 0.991. The summed E-state index contributed by atoms with van der Waals surface area (Å²) in [6.45, 7) is 2.18. The van der Waals surface area contributed by atoms with Gasteiger partial charge in [0, 0.05) is 23.8 Å². The van der Waals surface area contributed by atoms with Crippen molar-refractivity contribution in [2.45, 2.75) is 17.9 Å². The van der Waals surface area contributed by atoms with E-state index in [2.05, 4.69) is 15.3 Å². The molecule has 0 aliphatic rings. The molecule has 72 valence electrons. The van der Waals surface area contributed by atoms with Gasteiger partial charge in [-0.05, 0) is 13.2 Å². The van der Waals surface area contributed by atoms with Crippen molar-refractivity contribution in [2.75, 3.05) is 18.1 Å². The van der Waals surface area contributed by atoms with E-state index in [1.54, 1.807) is 31.1 Å². The van der Waals surface area contributed by atoms with E-state index in [4.69, 9.17) is 5.11 Å². The first-order chi connectivity index (χ1) is 6.22. The molecule has 1 atom stereocenters. The zero-order chi connectivity index (χ0) is 9.68. The highest BCUT2D eigenvalue weighted by Crippen LogP contribution is 2.11. The smallest absolute Gasteiger partial charge is 0.222 e. The third kappa shape index (κ3) is 3.61. The molecule has 0 saturated carbocycles. The van der Waals surface area contributed by atoms with Crippen LogP contribution >= 0.6 is 11.8 Å². The number of aliphatic hydroxyl groups is 1. The Hall–Kier alpha value is -0.810. The number of aliphatic hydroxyl groups excluding tert-OH is 1. The Morgan fingerprint density at radius 2 is 2.15 bits per heavy atom. The van der Waals surface area contributed by atoms with Crippen molar-refractivity contribution >= 4 is 17.7 Å². The van der Waals surface area contributed by atoms with Gasteiger partial charge in [-0.15, -0.1) is 11.8 Å². The Kier molecular flexibility index (Phi) is 3.98. The quantitative estimate of drug-likeness (QED) is 0.708. The summed E-state index contributed by atoms with van der Waals surface area (Å²) in [6, 6.07) is 0. The molecule has 1 rings (SSSR count). The van der Waals surface area contributed by atoms with Gasteiger partial charge >= 0.3 is 0 Å². The van der Waals surface area contributed by atoms with Crippen molar-refractivity contribution in [3.05, 3.63) is 12.4 Å². The minimum Gasteiger partial charge on any atom is -0.392 e. The summed E-state index contributed by atoms with van der Waals surface area (Å²) in [5.41, 5.74) is 0. The largest absolute Gasteiger partial charge is 0.392 e. The van der Waals surface area contributed by atoms with E-state index >= 15 is 0 Å². The second-order valence-electron chi connectivity index (χ2n) is 2.68. The molecular formula is C8H13N3OS. The van der Waals surface area contributed by atoms with Crippen molar-refractivity contribution in [3.63, 3.8) is 0 Å². The molecule has 4 nitrogen and oxygen atoms in total. The SMILES string of the molecule is CSc1cnc(NC[C@H](C)O)nc1. The molecule has 0 aliphatic heterocycles. The number of nitrogens with zero attached hydrogens (tertiary/aromatic N) is 2. The average Bonchev–Trinajstić information content (AvgIpc) is 2.15. The molecule has 0 fully saturated rings. The van der Waals surface area contributed by atoms with Crippen LogP contribution in [0, 0.1) is 0 Å². The maximum absolute atomic E-state index is 8.99. The maximum atomic E-state index is 8.99. The van der Waals surface area contributed by atoms with Gasteiger partial charge < -0.3 is 10.4 Å². The summed E-state index contributed by atoms with van der Waals surface area (Å²) in [5, 5.41) is 11.9. The number of aromatic nitrogens is 2. The normalized spacial score (nSPS) is 12.5. The number of rotatable bonds is 4. The molecule has 0 amide bonds. The highest BCUT2D eigenvalue weighted by Gasteiger charge is 1.98. The van der Waals surface area contributed by atoms with Crippen LogP contribution in [0.2, 0.25) is 0 Å². The molecule has 5 heteroatoms. The first-order valence-electron chi connectivity index (χ1n) is 4.00. The molecule has 1 aromatic heterocycles. The van der Waals surface area contributed by atoms with Crippen LogP contribution in [0.25, 0.3) is 0 Å². The fourth-order valence-electron chi connectivity index (χ4n) is 0.752. The van der Waals surface area contributed by atoms with Gasteiger partial charge in [0.1, 0.15) is 0 Å². The molecule has 0 aromatic carbocycles. The lowest BCUT2D eigenvalue weighted by Crippen LogP contribution is -2.16. The second kappa shape index (κ2) is 5.04. The second-order valence-corrected chi connectivity index (χ2v) is 3.56. The highest BCUT2D eigenvalue weighted by atomic mass is 32.2. The molecule has 13 heavy (non-hydrogen) atoms. The fraction of sp³-hybridized carbons (Fsp3) is 0.500. The van der Waals surface area contributed by atoms with Crippen LogP contribution in [0.1, 0.15) is 6.92 Å². The van der Waals surface area contributed by atoms with Crippen molar-refractivity contribution in [2.24, 2.45) is 0 Å². The van der Waals surface area contributed by atoms with Gasteiger partial charge in [0.2, 0.25) is 5.95 Å². The summed E-state index contributed by atoms with van der Waals surface area (Å²) < 4.78 is 0. The number of anilines is 1. The summed E-state index contributed by atoms with van der Waals surface area (Å²) in [7, 11) is 0. The maximum Gasteiger partial charge on any atom is 0.222 e. The molecule has 0 spiro atoms. The lowest BCUT2D eigenvalue weighted by Gasteiger charge is -2.06. The number of hydrogen-bond acceptors (Lipinski definition) is 5. The van der Waals surface area contributed by atoms with E-state index in [-0.39, 0.29) is 6.10 Å². The van der Waals surface area contributed by atoms with E-state index in [9.17, 15) is 0 Å². The van der Waals surface area contributed by atoms with E-state index in [1.165, 1.54) is 0 Å². The minimum atomic E-state index is -0.385.